The van der Waals surface area contributed by atoms with Crippen LogP contribution in [0, 0.1) is 0 Å². The van der Waals surface area contributed by atoms with E-state index in [1.807, 2.05) is 18.2 Å². The van der Waals surface area contributed by atoms with Crippen molar-refractivity contribution >= 4 is 34.8 Å². The van der Waals surface area contributed by atoms with Crippen molar-refractivity contribution < 1.29 is 9.21 Å². The summed E-state index contributed by atoms with van der Waals surface area (Å²) in [6, 6.07) is 9.29. The average Bonchev–Trinajstić information content (AvgIpc) is 3.20. The topological polar surface area (TPSA) is 96.9 Å². The van der Waals surface area contributed by atoms with E-state index in [0.717, 1.165) is 19.3 Å². The summed E-state index contributed by atoms with van der Waals surface area (Å²) in [7, 11) is 0. The van der Waals surface area contributed by atoms with Crippen molar-refractivity contribution in [3.63, 3.8) is 0 Å². The SMILES string of the molecule is NC1CCc2cc(NC(=O)c3[nH]nc(-c4ccc(Cl)o4)c3Cl)ccc2C1. The molecule has 4 rings (SSSR count). The minimum Gasteiger partial charge on any atom is -0.443 e. The third-order valence-corrected chi connectivity index (χ3v) is 5.04. The summed E-state index contributed by atoms with van der Waals surface area (Å²) in [5.74, 6) is 0.0132. The van der Waals surface area contributed by atoms with Gasteiger partial charge in [-0.25, -0.2) is 0 Å². The Morgan fingerprint density at radius 2 is 2.12 bits per heavy atom. The second-order valence-corrected chi connectivity index (χ2v) is 7.06. The fourth-order valence-corrected chi connectivity index (χ4v) is 3.55. The number of carbonyl (C=O) groups is 1. The van der Waals surface area contributed by atoms with Crippen molar-refractivity contribution in [2.24, 2.45) is 5.73 Å². The molecule has 0 aliphatic heterocycles. The molecule has 0 bridgehead atoms. The van der Waals surface area contributed by atoms with Gasteiger partial charge in [0.2, 0.25) is 0 Å². The van der Waals surface area contributed by atoms with Gasteiger partial charge in [-0.05, 0) is 66.3 Å². The summed E-state index contributed by atoms with van der Waals surface area (Å²) >= 11 is 12.1. The lowest BCUT2D eigenvalue weighted by molar-refractivity contribution is 0.102. The Balaban J connectivity index is 1.55. The number of furan rings is 1. The number of H-pyrrole nitrogens is 1. The van der Waals surface area contributed by atoms with Crippen LogP contribution >= 0.6 is 23.2 Å². The first kappa shape index (κ1) is 17.1. The van der Waals surface area contributed by atoms with E-state index >= 15 is 0 Å². The number of hydrogen-bond acceptors (Lipinski definition) is 4. The van der Waals surface area contributed by atoms with Crippen LogP contribution in [0.4, 0.5) is 5.69 Å². The molecule has 1 aromatic carbocycles. The molecule has 8 heteroatoms. The monoisotopic (exact) mass is 390 g/mol. The van der Waals surface area contributed by atoms with Crippen molar-refractivity contribution in [2.75, 3.05) is 5.32 Å². The van der Waals surface area contributed by atoms with E-state index in [1.165, 1.54) is 11.1 Å². The Bertz CT molecular complexity index is 979. The number of nitrogens with two attached hydrogens (primary N) is 1. The number of aromatic amines is 1. The molecule has 0 spiro atoms. The summed E-state index contributed by atoms with van der Waals surface area (Å²) in [5.41, 5.74) is 9.65. The number of halogens is 2. The Kier molecular flexibility index (Phi) is 4.48. The maximum absolute atomic E-state index is 12.6. The Labute approximate surface area is 159 Å². The number of amides is 1. The molecule has 1 aliphatic rings. The lowest BCUT2D eigenvalue weighted by Crippen LogP contribution is -2.27. The smallest absolute Gasteiger partial charge is 0.275 e. The maximum atomic E-state index is 12.6. The average molecular weight is 391 g/mol. The molecule has 6 nitrogen and oxygen atoms in total. The van der Waals surface area contributed by atoms with Gasteiger partial charge in [-0.15, -0.1) is 0 Å². The molecule has 3 aromatic rings. The van der Waals surface area contributed by atoms with Gasteiger partial charge in [-0.3, -0.25) is 9.89 Å². The van der Waals surface area contributed by atoms with Crippen molar-refractivity contribution in [1.29, 1.82) is 0 Å². The number of aromatic nitrogens is 2. The Morgan fingerprint density at radius 1 is 1.27 bits per heavy atom. The van der Waals surface area contributed by atoms with E-state index in [1.54, 1.807) is 12.1 Å². The molecule has 1 unspecified atom stereocenters. The molecular weight excluding hydrogens is 375 g/mol. The minimum atomic E-state index is -0.376. The van der Waals surface area contributed by atoms with Crippen molar-refractivity contribution in [2.45, 2.75) is 25.3 Å². The van der Waals surface area contributed by atoms with Crippen LogP contribution in [0.3, 0.4) is 0 Å². The van der Waals surface area contributed by atoms with E-state index in [4.69, 9.17) is 33.4 Å². The number of benzene rings is 1. The molecule has 0 saturated carbocycles. The highest BCUT2D eigenvalue weighted by Gasteiger charge is 2.22. The maximum Gasteiger partial charge on any atom is 0.275 e. The van der Waals surface area contributed by atoms with Gasteiger partial charge in [0.1, 0.15) is 16.4 Å². The molecule has 1 amide bonds. The van der Waals surface area contributed by atoms with Gasteiger partial charge in [0, 0.05) is 11.7 Å². The number of fused-ring (bicyclic) bond motifs is 1. The highest BCUT2D eigenvalue weighted by Crippen LogP contribution is 2.31. The van der Waals surface area contributed by atoms with Crippen molar-refractivity contribution in [1.82, 2.24) is 10.2 Å². The molecule has 0 fully saturated rings. The fraction of sp³-hybridized carbons (Fsp3) is 0.222. The van der Waals surface area contributed by atoms with Crippen LogP contribution < -0.4 is 11.1 Å². The van der Waals surface area contributed by atoms with E-state index in [0.29, 0.717) is 17.1 Å². The number of nitrogens with zero attached hydrogens (tertiary/aromatic N) is 1. The third kappa shape index (κ3) is 3.23. The highest BCUT2D eigenvalue weighted by molar-refractivity contribution is 6.36. The second kappa shape index (κ2) is 6.79. The van der Waals surface area contributed by atoms with Crippen LogP contribution in [0.5, 0.6) is 0 Å². The first-order valence-corrected chi connectivity index (χ1v) is 8.95. The van der Waals surface area contributed by atoms with E-state index in [2.05, 4.69) is 15.5 Å². The molecule has 26 heavy (non-hydrogen) atoms. The molecule has 0 radical (unpaired) electrons. The third-order valence-electron chi connectivity index (χ3n) is 4.47. The summed E-state index contributed by atoms with van der Waals surface area (Å²) < 4.78 is 5.29. The number of aryl methyl sites for hydroxylation is 1. The highest BCUT2D eigenvalue weighted by atomic mass is 35.5. The number of carbonyl (C=O) groups excluding carboxylic acids is 1. The lowest BCUT2D eigenvalue weighted by atomic mass is 9.88. The number of hydrogen-bond donors (Lipinski definition) is 3. The van der Waals surface area contributed by atoms with Gasteiger partial charge in [-0.1, -0.05) is 17.7 Å². The normalized spacial score (nSPS) is 16.3. The molecule has 0 saturated heterocycles. The van der Waals surface area contributed by atoms with Crippen LogP contribution in [0.25, 0.3) is 11.5 Å². The van der Waals surface area contributed by atoms with Crippen LogP contribution in [-0.4, -0.2) is 22.1 Å². The van der Waals surface area contributed by atoms with Gasteiger partial charge in [0.05, 0.1) is 0 Å². The molecule has 1 aliphatic carbocycles. The fourth-order valence-electron chi connectivity index (χ4n) is 3.14. The van der Waals surface area contributed by atoms with Crippen molar-refractivity contribution in [3.8, 4) is 11.5 Å². The second-order valence-electron chi connectivity index (χ2n) is 6.31. The van der Waals surface area contributed by atoms with Gasteiger partial charge >= 0.3 is 0 Å². The van der Waals surface area contributed by atoms with Crippen LogP contribution in [0.1, 0.15) is 28.0 Å². The largest absolute Gasteiger partial charge is 0.443 e. The molecular formula is C18H16Cl2N4O2. The van der Waals surface area contributed by atoms with E-state index < -0.39 is 0 Å². The number of rotatable bonds is 3. The zero-order chi connectivity index (χ0) is 18.3. The first-order valence-electron chi connectivity index (χ1n) is 8.19. The van der Waals surface area contributed by atoms with Gasteiger partial charge in [-0.2, -0.15) is 5.10 Å². The predicted octanol–water partition coefficient (Wildman–Crippen LogP) is 4.04. The summed E-state index contributed by atoms with van der Waals surface area (Å²) in [5, 5.41) is 9.96. The molecule has 2 heterocycles. The predicted molar refractivity (Wildman–Crippen MR) is 101 cm³/mol. The summed E-state index contributed by atoms with van der Waals surface area (Å²) in [6.45, 7) is 0. The molecule has 2 aromatic heterocycles. The van der Waals surface area contributed by atoms with Crippen LogP contribution in [0.15, 0.2) is 34.7 Å². The summed E-state index contributed by atoms with van der Waals surface area (Å²) in [6.07, 6.45) is 2.73. The molecule has 1 atom stereocenters. The number of anilines is 1. The van der Waals surface area contributed by atoms with Gasteiger partial charge in [0.15, 0.2) is 11.0 Å². The van der Waals surface area contributed by atoms with E-state index in [-0.39, 0.29) is 27.9 Å². The summed E-state index contributed by atoms with van der Waals surface area (Å²) in [4.78, 5) is 12.6. The lowest BCUT2D eigenvalue weighted by Gasteiger charge is -2.22. The quantitative estimate of drug-likeness (QED) is 0.628. The van der Waals surface area contributed by atoms with Gasteiger partial charge in [0.25, 0.3) is 5.91 Å². The Hall–Kier alpha value is -2.28. The standard InChI is InChI=1S/C18H16Cl2N4O2/c19-14-6-5-13(26-14)16-15(20)17(24-23-16)18(25)22-12-4-2-9-7-11(21)3-1-10(9)8-12/h2,4-6,8,11H,1,3,7,21H2,(H,22,25)(H,23,24). The van der Waals surface area contributed by atoms with Crippen LogP contribution in [-0.2, 0) is 12.8 Å². The Morgan fingerprint density at radius 3 is 2.88 bits per heavy atom. The molecule has 134 valence electrons. The zero-order valence-corrected chi connectivity index (χ0v) is 15.2. The minimum absolute atomic E-state index is 0.161. The van der Waals surface area contributed by atoms with E-state index in [9.17, 15) is 4.79 Å². The zero-order valence-electron chi connectivity index (χ0n) is 13.7. The van der Waals surface area contributed by atoms with Crippen LogP contribution in [0.2, 0.25) is 10.2 Å². The first-order chi connectivity index (χ1) is 12.5. The molecule has 4 N–H and O–H groups in total. The van der Waals surface area contributed by atoms with Crippen molar-refractivity contribution in [3.05, 3.63) is 57.4 Å². The number of nitrogens with one attached hydrogen (secondary N) is 2. The van der Waals surface area contributed by atoms with Gasteiger partial charge < -0.3 is 15.5 Å².